The van der Waals surface area contributed by atoms with E-state index < -0.39 is 0 Å². The average Bonchev–Trinajstić information content (AvgIpc) is 2.17. The van der Waals surface area contributed by atoms with Crippen LogP contribution in [0.25, 0.3) is 0 Å². The summed E-state index contributed by atoms with van der Waals surface area (Å²) in [6, 6.07) is 5.85. The molecule has 1 rings (SSSR count). The van der Waals surface area contributed by atoms with E-state index in [9.17, 15) is 0 Å². The van der Waals surface area contributed by atoms with Crippen LogP contribution in [0, 0.1) is 0 Å². The zero-order chi connectivity index (χ0) is 10.6. The Morgan fingerprint density at radius 1 is 1.50 bits per heavy atom. The smallest absolute Gasteiger partial charge is 0.0716 e. The minimum Gasteiger partial charge on any atom is -0.380 e. The van der Waals surface area contributed by atoms with Gasteiger partial charge in [0.05, 0.1) is 6.61 Å². The van der Waals surface area contributed by atoms with Gasteiger partial charge in [0.2, 0.25) is 0 Å². The molecule has 0 amide bonds. The number of benzene rings is 1. The number of ether oxygens (including phenoxy) is 1. The third kappa shape index (κ3) is 2.71. The fraction of sp³-hybridized carbons (Fsp3) is 0.455. The molecule has 0 heterocycles. The van der Waals surface area contributed by atoms with E-state index in [1.165, 1.54) is 5.56 Å². The Morgan fingerprint density at radius 2 is 2.21 bits per heavy atom. The second kappa shape index (κ2) is 5.35. The molecule has 0 saturated heterocycles. The van der Waals surface area contributed by atoms with Crippen LogP contribution in [-0.4, -0.2) is 13.7 Å². The van der Waals surface area contributed by atoms with Gasteiger partial charge < -0.3 is 10.5 Å². The molecule has 0 aliphatic heterocycles. The summed E-state index contributed by atoms with van der Waals surface area (Å²) >= 11 is 5.91. The van der Waals surface area contributed by atoms with Gasteiger partial charge in [0.15, 0.2) is 0 Å². The summed E-state index contributed by atoms with van der Waals surface area (Å²) in [6.45, 7) is 3.32. The molecule has 1 unspecified atom stereocenters. The minimum absolute atomic E-state index is 0.345. The van der Waals surface area contributed by atoms with Gasteiger partial charge in [-0.05, 0) is 35.7 Å². The van der Waals surface area contributed by atoms with Gasteiger partial charge in [-0.1, -0.05) is 24.6 Å². The highest BCUT2D eigenvalue weighted by atomic mass is 35.5. The van der Waals surface area contributed by atoms with Crippen LogP contribution in [0.2, 0.25) is 5.02 Å². The van der Waals surface area contributed by atoms with E-state index in [4.69, 9.17) is 22.1 Å². The SMILES string of the molecule is COCc1cc(Cl)ccc1C(C)CN. The summed E-state index contributed by atoms with van der Waals surface area (Å²) in [5.74, 6) is 0.345. The number of halogens is 1. The van der Waals surface area contributed by atoms with Gasteiger partial charge in [-0.25, -0.2) is 0 Å². The Labute approximate surface area is 90.0 Å². The minimum atomic E-state index is 0.345. The van der Waals surface area contributed by atoms with Gasteiger partial charge in [0, 0.05) is 12.1 Å². The van der Waals surface area contributed by atoms with Crippen molar-refractivity contribution in [2.45, 2.75) is 19.4 Å². The predicted octanol–water partition coefficient (Wildman–Crippen LogP) is 2.55. The number of hydrogen-bond acceptors (Lipinski definition) is 2. The lowest BCUT2D eigenvalue weighted by atomic mass is 9.96. The van der Waals surface area contributed by atoms with Crippen LogP contribution in [0.3, 0.4) is 0 Å². The van der Waals surface area contributed by atoms with Crippen molar-refractivity contribution in [2.75, 3.05) is 13.7 Å². The highest BCUT2D eigenvalue weighted by molar-refractivity contribution is 6.30. The van der Waals surface area contributed by atoms with Crippen molar-refractivity contribution in [3.8, 4) is 0 Å². The fourth-order valence-electron chi connectivity index (χ4n) is 1.46. The molecule has 0 radical (unpaired) electrons. The zero-order valence-corrected chi connectivity index (χ0v) is 9.34. The molecule has 0 bridgehead atoms. The van der Waals surface area contributed by atoms with Crippen LogP contribution in [-0.2, 0) is 11.3 Å². The molecule has 1 aromatic carbocycles. The van der Waals surface area contributed by atoms with Gasteiger partial charge in [-0.15, -0.1) is 0 Å². The van der Waals surface area contributed by atoms with Crippen molar-refractivity contribution >= 4 is 11.6 Å². The summed E-state index contributed by atoms with van der Waals surface area (Å²) < 4.78 is 5.12. The molecule has 3 heteroatoms. The molecular weight excluding hydrogens is 198 g/mol. The second-order valence-electron chi connectivity index (χ2n) is 3.41. The Morgan fingerprint density at radius 3 is 2.79 bits per heavy atom. The molecule has 2 N–H and O–H groups in total. The topological polar surface area (TPSA) is 35.2 Å². The second-order valence-corrected chi connectivity index (χ2v) is 3.85. The van der Waals surface area contributed by atoms with Crippen LogP contribution in [0.15, 0.2) is 18.2 Å². The monoisotopic (exact) mass is 213 g/mol. The molecule has 0 aliphatic carbocycles. The van der Waals surface area contributed by atoms with E-state index in [1.54, 1.807) is 7.11 Å². The lowest BCUT2D eigenvalue weighted by Crippen LogP contribution is -2.11. The first-order valence-corrected chi connectivity index (χ1v) is 5.04. The summed E-state index contributed by atoms with van der Waals surface area (Å²) in [5, 5.41) is 0.741. The van der Waals surface area contributed by atoms with Gasteiger partial charge in [0.25, 0.3) is 0 Å². The van der Waals surface area contributed by atoms with Crippen molar-refractivity contribution in [3.05, 3.63) is 34.3 Å². The fourth-order valence-corrected chi connectivity index (χ4v) is 1.66. The van der Waals surface area contributed by atoms with E-state index in [2.05, 4.69) is 6.92 Å². The molecule has 0 spiro atoms. The average molecular weight is 214 g/mol. The van der Waals surface area contributed by atoms with E-state index in [-0.39, 0.29) is 0 Å². The third-order valence-corrected chi connectivity index (χ3v) is 2.52. The van der Waals surface area contributed by atoms with Crippen LogP contribution >= 0.6 is 11.6 Å². The van der Waals surface area contributed by atoms with Gasteiger partial charge in [-0.2, -0.15) is 0 Å². The highest BCUT2D eigenvalue weighted by Crippen LogP contribution is 2.23. The van der Waals surface area contributed by atoms with E-state index >= 15 is 0 Å². The Hall–Kier alpha value is -0.570. The van der Waals surface area contributed by atoms with Crippen LogP contribution < -0.4 is 5.73 Å². The maximum Gasteiger partial charge on any atom is 0.0716 e. The largest absolute Gasteiger partial charge is 0.380 e. The predicted molar refractivity (Wildman–Crippen MR) is 59.6 cm³/mol. The molecule has 14 heavy (non-hydrogen) atoms. The highest BCUT2D eigenvalue weighted by Gasteiger charge is 2.09. The van der Waals surface area contributed by atoms with E-state index in [0.717, 1.165) is 10.6 Å². The molecule has 1 atom stereocenters. The molecule has 1 aromatic rings. The van der Waals surface area contributed by atoms with Crippen LogP contribution in [0.4, 0.5) is 0 Å². The zero-order valence-electron chi connectivity index (χ0n) is 8.59. The molecule has 0 aromatic heterocycles. The maximum atomic E-state index is 5.91. The van der Waals surface area contributed by atoms with Gasteiger partial charge >= 0.3 is 0 Å². The van der Waals surface area contributed by atoms with Gasteiger partial charge in [0.1, 0.15) is 0 Å². The molecule has 0 aliphatic rings. The Balaban J connectivity index is 3.01. The van der Waals surface area contributed by atoms with Crippen molar-refractivity contribution in [3.63, 3.8) is 0 Å². The third-order valence-electron chi connectivity index (χ3n) is 2.29. The first-order valence-electron chi connectivity index (χ1n) is 4.66. The van der Waals surface area contributed by atoms with Crippen molar-refractivity contribution in [2.24, 2.45) is 5.73 Å². The number of rotatable bonds is 4. The lowest BCUT2D eigenvalue weighted by molar-refractivity contribution is 0.184. The Bertz CT molecular complexity index is 301. The van der Waals surface area contributed by atoms with Crippen LogP contribution in [0.1, 0.15) is 24.0 Å². The molecule has 0 saturated carbocycles. The summed E-state index contributed by atoms with van der Waals surface area (Å²) in [7, 11) is 1.68. The number of nitrogens with two attached hydrogens (primary N) is 1. The van der Waals surface area contributed by atoms with Crippen molar-refractivity contribution < 1.29 is 4.74 Å². The Kier molecular flexibility index (Phi) is 4.39. The van der Waals surface area contributed by atoms with Crippen molar-refractivity contribution in [1.82, 2.24) is 0 Å². The van der Waals surface area contributed by atoms with E-state index in [0.29, 0.717) is 19.1 Å². The quantitative estimate of drug-likeness (QED) is 0.835. The summed E-state index contributed by atoms with van der Waals surface area (Å²) in [6.07, 6.45) is 0. The van der Waals surface area contributed by atoms with Crippen molar-refractivity contribution in [1.29, 1.82) is 0 Å². The molecule has 0 fully saturated rings. The maximum absolute atomic E-state index is 5.91. The first-order chi connectivity index (χ1) is 6.69. The van der Waals surface area contributed by atoms with Gasteiger partial charge in [-0.3, -0.25) is 0 Å². The number of methoxy groups -OCH3 is 1. The molecular formula is C11H16ClNO. The summed E-state index contributed by atoms with van der Waals surface area (Å²) in [4.78, 5) is 0. The lowest BCUT2D eigenvalue weighted by Gasteiger charge is -2.14. The molecule has 2 nitrogen and oxygen atoms in total. The van der Waals surface area contributed by atoms with Crippen LogP contribution in [0.5, 0.6) is 0 Å². The number of hydrogen-bond donors (Lipinski definition) is 1. The summed E-state index contributed by atoms with van der Waals surface area (Å²) in [5.41, 5.74) is 7.98. The first kappa shape index (κ1) is 11.5. The standard InChI is InChI=1S/C11H16ClNO/c1-8(6-13)11-4-3-10(12)5-9(11)7-14-2/h3-5,8H,6-7,13H2,1-2H3. The van der Waals surface area contributed by atoms with E-state index in [1.807, 2.05) is 18.2 Å². The normalized spacial score (nSPS) is 12.9. The molecule has 78 valence electrons.